The Bertz CT molecular complexity index is 1610. The Kier molecular flexibility index (Phi) is 5.56. The molecule has 1 N–H and O–H groups in total. The number of anilines is 1. The number of aromatic amines is 1. The number of aromatic nitrogens is 5. The van der Waals surface area contributed by atoms with Crippen LogP contribution >= 0.6 is 0 Å². The highest BCUT2D eigenvalue weighted by Gasteiger charge is 2.33. The summed E-state index contributed by atoms with van der Waals surface area (Å²) >= 11 is 0. The van der Waals surface area contributed by atoms with Gasteiger partial charge >= 0.3 is 0 Å². The van der Waals surface area contributed by atoms with Crippen LogP contribution in [0.4, 0.5) is 10.1 Å². The lowest BCUT2D eigenvalue weighted by atomic mass is 9.96. The predicted octanol–water partition coefficient (Wildman–Crippen LogP) is 4.55. The summed E-state index contributed by atoms with van der Waals surface area (Å²) in [6, 6.07) is 22.0. The highest BCUT2D eigenvalue weighted by atomic mass is 19.1. The highest BCUT2D eigenvalue weighted by Crippen LogP contribution is 2.36. The fraction of sp³-hybridized carbons (Fsp3) is 0.214. The molecule has 0 saturated carbocycles. The van der Waals surface area contributed by atoms with Crippen LogP contribution in [-0.2, 0) is 13.0 Å². The van der Waals surface area contributed by atoms with E-state index in [9.17, 15) is 9.18 Å². The summed E-state index contributed by atoms with van der Waals surface area (Å²) in [7, 11) is 0. The van der Waals surface area contributed by atoms with Crippen LogP contribution in [0, 0.1) is 12.7 Å². The Hall–Kier alpha value is -4.33. The van der Waals surface area contributed by atoms with Crippen molar-refractivity contribution in [3.63, 3.8) is 0 Å². The maximum atomic E-state index is 13.5. The SMILES string of the molecule is Cc1ccc2[nH]c(=O)c([C@H](c3nnnn3Cc3ccc(F)cc3)N3CCCc4ccccc43)cc2c1. The van der Waals surface area contributed by atoms with Gasteiger partial charge < -0.3 is 9.88 Å². The van der Waals surface area contributed by atoms with E-state index in [-0.39, 0.29) is 11.4 Å². The normalized spacial score (nSPS) is 14.1. The summed E-state index contributed by atoms with van der Waals surface area (Å²) in [5.74, 6) is 0.269. The van der Waals surface area contributed by atoms with Crippen LogP contribution in [0.2, 0.25) is 0 Å². The topological polar surface area (TPSA) is 79.7 Å². The average Bonchev–Trinajstić information content (AvgIpc) is 3.34. The standard InChI is InChI=1S/C28H25FN6O/c1-18-8-13-24-21(15-18)16-23(28(36)30-24)26(34-14-4-6-20-5-2-3-7-25(20)34)27-31-32-33-35(27)17-19-9-11-22(29)12-10-19/h2-3,5,7-13,15-16,26H,4,6,14,17H2,1H3,(H,30,36)/t26-/m1/s1. The largest absolute Gasteiger partial charge is 0.357 e. The van der Waals surface area contributed by atoms with Gasteiger partial charge in [-0.25, -0.2) is 9.07 Å². The van der Waals surface area contributed by atoms with E-state index in [1.807, 2.05) is 37.3 Å². The van der Waals surface area contributed by atoms with Crippen LogP contribution in [-0.4, -0.2) is 31.7 Å². The molecule has 1 aliphatic heterocycles. The van der Waals surface area contributed by atoms with E-state index >= 15 is 0 Å². The molecule has 0 bridgehead atoms. The molecule has 3 heterocycles. The van der Waals surface area contributed by atoms with Crippen molar-refractivity contribution in [2.45, 2.75) is 32.4 Å². The number of benzene rings is 3. The minimum absolute atomic E-state index is 0.171. The minimum Gasteiger partial charge on any atom is -0.357 e. The van der Waals surface area contributed by atoms with Crippen molar-refractivity contribution < 1.29 is 4.39 Å². The van der Waals surface area contributed by atoms with E-state index in [2.05, 4.69) is 43.6 Å². The lowest BCUT2D eigenvalue weighted by molar-refractivity contribution is 0.554. The van der Waals surface area contributed by atoms with Gasteiger partial charge in [0.1, 0.15) is 11.9 Å². The van der Waals surface area contributed by atoms with Gasteiger partial charge in [0.05, 0.1) is 6.54 Å². The fourth-order valence-electron chi connectivity index (χ4n) is 5.11. The van der Waals surface area contributed by atoms with Gasteiger partial charge in [0.2, 0.25) is 0 Å². The van der Waals surface area contributed by atoms with Crippen LogP contribution in [0.5, 0.6) is 0 Å². The van der Waals surface area contributed by atoms with E-state index in [1.54, 1.807) is 16.8 Å². The lowest BCUT2D eigenvalue weighted by Crippen LogP contribution is -2.38. The van der Waals surface area contributed by atoms with Crippen molar-refractivity contribution >= 4 is 16.6 Å². The second-order valence-corrected chi connectivity index (χ2v) is 9.29. The number of rotatable bonds is 5. The molecule has 2 aromatic heterocycles. The molecule has 0 spiro atoms. The zero-order valence-electron chi connectivity index (χ0n) is 19.9. The van der Waals surface area contributed by atoms with Crippen molar-refractivity contribution in [2.75, 3.05) is 11.4 Å². The van der Waals surface area contributed by atoms with Crippen LogP contribution in [0.25, 0.3) is 10.9 Å². The van der Waals surface area contributed by atoms with E-state index in [0.29, 0.717) is 17.9 Å². The first-order valence-corrected chi connectivity index (χ1v) is 12.1. The second-order valence-electron chi connectivity index (χ2n) is 9.29. The first kappa shape index (κ1) is 22.2. The van der Waals surface area contributed by atoms with E-state index in [0.717, 1.165) is 47.1 Å². The number of halogens is 1. The quantitative estimate of drug-likeness (QED) is 0.399. The molecular weight excluding hydrogens is 455 g/mol. The minimum atomic E-state index is -0.504. The van der Waals surface area contributed by atoms with Crippen molar-refractivity contribution in [2.24, 2.45) is 0 Å². The molecule has 1 atom stereocenters. The van der Waals surface area contributed by atoms with Crippen LogP contribution in [0.3, 0.4) is 0 Å². The number of fused-ring (bicyclic) bond motifs is 2. The van der Waals surface area contributed by atoms with Crippen LogP contribution in [0.1, 0.15) is 40.5 Å². The predicted molar refractivity (Wildman–Crippen MR) is 137 cm³/mol. The number of pyridine rings is 1. The number of tetrazole rings is 1. The number of hydrogen-bond donors (Lipinski definition) is 1. The van der Waals surface area contributed by atoms with Gasteiger partial charge in [0.25, 0.3) is 5.56 Å². The van der Waals surface area contributed by atoms with E-state index in [1.165, 1.54) is 17.7 Å². The summed E-state index contributed by atoms with van der Waals surface area (Å²) in [6.07, 6.45) is 1.94. The van der Waals surface area contributed by atoms with Gasteiger partial charge in [0.15, 0.2) is 5.82 Å². The van der Waals surface area contributed by atoms with Crippen molar-refractivity contribution in [3.05, 3.63) is 117 Å². The van der Waals surface area contributed by atoms with Crippen molar-refractivity contribution in [1.82, 2.24) is 25.2 Å². The molecule has 180 valence electrons. The van der Waals surface area contributed by atoms with Gasteiger partial charge in [-0.3, -0.25) is 4.79 Å². The van der Waals surface area contributed by atoms with E-state index < -0.39 is 6.04 Å². The summed E-state index contributed by atoms with van der Waals surface area (Å²) in [4.78, 5) is 18.8. The van der Waals surface area contributed by atoms with Crippen LogP contribution < -0.4 is 10.5 Å². The van der Waals surface area contributed by atoms with Gasteiger partial charge in [-0.05, 0) is 83.1 Å². The lowest BCUT2D eigenvalue weighted by Gasteiger charge is -2.37. The molecule has 3 aromatic carbocycles. The van der Waals surface area contributed by atoms with Crippen molar-refractivity contribution in [1.29, 1.82) is 0 Å². The number of para-hydroxylation sites is 1. The number of hydrogen-bond acceptors (Lipinski definition) is 5. The summed E-state index contributed by atoms with van der Waals surface area (Å²) < 4.78 is 15.2. The Morgan fingerprint density at radius 1 is 1.06 bits per heavy atom. The molecule has 0 amide bonds. The molecule has 1 aliphatic rings. The van der Waals surface area contributed by atoms with Gasteiger partial charge in [-0.15, -0.1) is 5.10 Å². The smallest absolute Gasteiger partial charge is 0.254 e. The first-order valence-electron chi connectivity index (χ1n) is 12.1. The Morgan fingerprint density at radius 2 is 1.89 bits per heavy atom. The molecule has 0 radical (unpaired) electrons. The maximum Gasteiger partial charge on any atom is 0.254 e. The Balaban J connectivity index is 1.53. The fourth-order valence-corrected chi connectivity index (χ4v) is 5.11. The third kappa shape index (κ3) is 4.04. The van der Waals surface area contributed by atoms with E-state index in [4.69, 9.17) is 0 Å². The van der Waals surface area contributed by atoms with Gasteiger partial charge in [0, 0.05) is 23.3 Å². The monoisotopic (exact) mass is 480 g/mol. The zero-order valence-corrected chi connectivity index (χ0v) is 19.9. The Morgan fingerprint density at radius 3 is 2.75 bits per heavy atom. The number of H-pyrrole nitrogens is 1. The third-order valence-electron chi connectivity index (χ3n) is 6.83. The number of nitrogens with zero attached hydrogens (tertiary/aromatic N) is 5. The summed E-state index contributed by atoms with van der Waals surface area (Å²) in [6.45, 7) is 3.15. The molecule has 0 fully saturated rings. The molecule has 5 aromatic rings. The molecule has 0 saturated heterocycles. The number of nitrogens with one attached hydrogen (secondary N) is 1. The number of aryl methyl sites for hydroxylation is 2. The Labute approximate surface area is 207 Å². The molecule has 8 heteroatoms. The first-order chi connectivity index (χ1) is 17.6. The molecule has 6 rings (SSSR count). The van der Waals surface area contributed by atoms with Crippen LogP contribution in [0.15, 0.2) is 77.6 Å². The summed E-state index contributed by atoms with van der Waals surface area (Å²) in [5.41, 5.74) is 5.49. The van der Waals surface area contributed by atoms with Crippen molar-refractivity contribution in [3.8, 4) is 0 Å². The van der Waals surface area contributed by atoms with Gasteiger partial charge in [-0.1, -0.05) is 42.0 Å². The molecule has 0 aliphatic carbocycles. The second kappa shape index (κ2) is 9.03. The molecular formula is C28H25FN6O. The average molecular weight is 481 g/mol. The zero-order chi connectivity index (χ0) is 24.6. The summed E-state index contributed by atoms with van der Waals surface area (Å²) in [5, 5.41) is 13.6. The molecule has 36 heavy (non-hydrogen) atoms. The molecule has 0 unspecified atom stereocenters. The highest BCUT2D eigenvalue weighted by molar-refractivity contribution is 5.80. The molecule has 7 nitrogen and oxygen atoms in total. The maximum absolute atomic E-state index is 13.5. The third-order valence-corrected chi connectivity index (χ3v) is 6.83. The van der Waals surface area contributed by atoms with Gasteiger partial charge in [-0.2, -0.15) is 0 Å².